The quantitative estimate of drug-likeness (QED) is 0.725. The first-order valence-electron chi connectivity index (χ1n) is 7.61. The molecule has 0 aromatic heterocycles. The zero-order valence-corrected chi connectivity index (χ0v) is 13.7. The second-order valence-electron chi connectivity index (χ2n) is 5.42. The lowest BCUT2D eigenvalue weighted by atomic mass is 10.0. The first kappa shape index (κ1) is 16.9. The van der Waals surface area contributed by atoms with E-state index >= 15 is 0 Å². The standard InChI is InChI=1S/C19H22O4/c1-4-19(2,18(20)21-3)23-17-12-10-16(11-13-17)22-14-15-8-6-5-7-9-15/h5-13H,4,14H2,1-3H3. The van der Waals surface area contributed by atoms with Crippen LogP contribution in [0.3, 0.4) is 0 Å². The smallest absolute Gasteiger partial charge is 0.349 e. The van der Waals surface area contributed by atoms with Gasteiger partial charge in [0, 0.05) is 0 Å². The summed E-state index contributed by atoms with van der Waals surface area (Å²) in [5.41, 5.74) is 0.123. The predicted octanol–water partition coefficient (Wildman–Crippen LogP) is 3.99. The predicted molar refractivity (Wildman–Crippen MR) is 88.6 cm³/mol. The van der Waals surface area contributed by atoms with Gasteiger partial charge in [-0.25, -0.2) is 4.79 Å². The van der Waals surface area contributed by atoms with Crippen molar-refractivity contribution in [2.45, 2.75) is 32.5 Å². The minimum Gasteiger partial charge on any atom is -0.489 e. The van der Waals surface area contributed by atoms with Gasteiger partial charge >= 0.3 is 5.97 Å². The van der Waals surface area contributed by atoms with Gasteiger partial charge in [0.15, 0.2) is 0 Å². The minimum absolute atomic E-state index is 0.385. The van der Waals surface area contributed by atoms with Crippen LogP contribution in [0, 0.1) is 0 Å². The molecule has 0 aliphatic carbocycles. The van der Waals surface area contributed by atoms with E-state index in [9.17, 15) is 4.79 Å². The molecule has 23 heavy (non-hydrogen) atoms. The molecule has 0 bridgehead atoms. The number of carbonyl (C=O) groups excluding carboxylic acids is 1. The molecule has 0 spiro atoms. The highest BCUT2D eigenvalue weighted by atomic mass is 16.6. The van der Waals surface area contributed by atoms with Crippen LogP contribution in [0.25, 0.3) is 0 Å². The van der Waals surface area contributed by atoms with E-state index in [1.807, 2.05) is 49.4 Å². The average molecular weight is 314 g/mol. The molecule has 0 aliphatic heterocycles. The Balaban J connectivity index is 1.97. The molecule has 122 valence electrons. The van der Waals surface area contributed by atoms with Crippen molar-refractivity contribution >= 4 is 5.97 Å². The summed E-state index contributed by atoms with van der Waals surface area (Å²) in [6.45, 7) is 4.11. The lowest BCUT2D eigenvalue weighted by molar-refractivity contribution is -0.157. The minimum atomic E-state index is -0.985. The van der Waals surface area contributed by atoms with Gasteiger partial charge < -0.3 is 14.2 Å². The number of hydrogen-bond donors (Lipinski definition) is 0. The zero-order valence-electron chi connectivity index (χ0n) is 13.7. The van der Waals surface area contributed by atoms with Crippen LogP contribution in [0.1, 0.15) is 25.8 Å². The Kier molecular flexibility index (Phi) is 5.63. The highest BCUT2D eigenvalue weighted by molar-refractivity contribution is 5.79. The first-order valence-corrected chi connectivity index (χ1v) is 7.61. The highest BCUT2D eigenvalue weighted by Gasteiger charge is 2.34. The lowest BCUT2D eigenvalue weighted by Crippen LogP contribution is -2.41. The van der Waals surface area contributed by atoms with Crippen molar-refractivity contribution in [2.75, 3.05) is 7.11 Å². The van der Waals surface area contributed by atoms with Crippen molar-refractivity contribution in [1.29, 1.82) is 0 Å². The number of benzene rings is 2. The number of carbonyl (C=O) groups is 1. The molecule has 1 unspecified atom stereocenters. The monoisotopic (exact) mass is 314 g/mol. The number of methoxy groups -OCH3 is 1. The van der Waals surface area contributed by atoms with Crippen LogP contribution in [0.15, 0.2) is 54.6 Å². The summed E-state index contributed by atoms with van der Waals surface area (Å²) in [7, 11) is 1.36. The van der Waals surface area contributed by atoms with Crippen LogP contribution in [-0.4, -0.2) is 18.7 Å². The van der Waals surface area contributed by atoms with E-state index in [0.29, 0.717) is 18.8 Å². The molecular weight excluding hydrogens is 292 g/mol. The summed E-state index contributed by atoms with van der Waals surface area (Å²) in [6, 6.07) is 17.2. The van der Waals surface area contributed by atoms with E-state index in [2.05, 4.69) is 0 Å². The van der Waals surface area contributed by atoms with Crippen LogP contribution >= 0.6 is 0 Å². The van der Waals surface area contributed by atoms with Crippen LogP contribution in [0.5, 0.6) is 11.5 Å². The Hall–Kier alpha value is -2.49. The zero-order chi connectivity index (χ0) is 16.7. The van der Waals surface area contributed by atoms with Gasteiger partial charge in [-0.1, -0.05) is 37.3 Å². The largest absolute Gasteiger partial charge is 0.489 e. The second kappa shape index (κ2) is 7.68. The van der Waals surface area contributed by atoms with Crippen molar-refractivity contribution in [1.82, 2.24) is 0 Å². The molecule has 1 atom stereocenters. The molecule has 0 aliphatic rings. The maximum Gasteiger partial charge on any atom is 0.349 e. The third-order valence-electron chi connectivity index (χ3n) is 3.71. The maximum absolute atomic E-state index is 11.8. The van der Waals surface area contributed by atoms with Gasteiger partial charge in [-0.15, -0.1) is 0 Å². The third kappa shape index (κ3) is 4.49. The van der Waals surface area contributed by atoms with E-state index in [4.69, 9.17) is 14.2 Å². The normalized spacial score (nSPS) is 13.0. The third-order valence-corrected chi connectivity index (χ3v) is 3.71. The lowest BCUT2D eigenvalue weighted by Gasteiger charge is -2.26. The van der Waals surface area contributed by atoms with E-state index in [1.165, 1.54) is 7.11 Å². The van der Waals surface area contributed by atoms with Gasteiger partial charge in [0.25, 0.3) is 0 Å². The molecular formula is C19H22O4. The van der Waals surface area contributed by atoms with Gasteiger partial charge in [0.2, 0.25) is 5.60 Å². The molecule has 4 nitrogen and oxygen atoms in total. The SMILES string of the molecule is CCC(C)(Oc1ccc(OCc2ccccc2)cc1)C(=O)OC. The van der Waals surface area contributed by atoms with Gasteiger partial charge in [0.05, 0.1) is 7.11 Å². The molecule has 0 fully saturated rings. The van der Waals surface area contributed by atoms with E-state index in [0.717, 1.165) is 11.3 Å². The van der Waals surface area contributed by atoms with Gasteiger partial charge in [-0.2, -0.15) is 0 Å². The fourth-order valence-corrected chi connectivity index (χ4v) is 2.08. The van der Waals surface area contributed by atoms with Gasteiger partial charge in [0.1, 0.15) is 18.1 Å². The van der Waals surface area contributed by atoms with Crippen molar-refractivity contribution in [3.05, 3.63) is 60.2 Å². The highest BCUT2D eigenvalue weighted by Crippen LogP contribution is 2.25. The molecule has 2 aromatic carbocycles. The Morgan fingerprint density at radius 2 is 1.61 bits per heavy atom. The summed E-state index contributed by atoms with van der Waals surface area (Å²) in [6.07, 6.45) is 0.520. The number of ether oxygens (including phenoxy) is 3. The summed E-state index contributed by atoms with van der Waals surface area (Å²) >= 11 is 0. The fourth-order valence-electron chi connectivity index (χ4n) is 2.08. The van der Waals surface area contributed by atoms with Gasteiger partial charge in [-0.05, 0) is 43.2 Å². The Morgan fingerprint density at radius 1 is 1.00 bits per heavy atom. The molecule has 0 heterocycles. The van der Waals surface area contributed by atoms with Crippen LogP contribution in [-0.2, 0) is 16.1 Å². The van der Waals surface area contributed by atoms with E-state index < -0.39 is 5.60 Å². The Morgan fingerprint density at radius 3 is 2.17 bits per heavy atom. The molecule has 0 radical (unpaired) electrons. The van der Waals surface area contributed by atoms with Crippen molar-refractivity contribution in [3.8, 4) is 11.5 Å². The molecule has 0 saturated carbocycles. The van der Waals surface area contributed by atoms with Crippen molar-refractivity contribution in [3.63, 3.8) is 0 Å². The molecule has 2 rings (SSSR count). The first-order chi connectivity index (χ1) is 11.1. The summed E-state index contributed by atoms with van der Waals surface area (Å²) in [5.74, 6) is 0.966. The van der Waals surface area contributed by atoms with Crippen molar-refractivity contribution in [2.24, 2.45) is 0 Å². The summed E-state index contributed by atoms with van der Waals surface area (Å²) < 4.78 is 16.3. The summed E-state index contributed by atoms with van der Waals surface area (Å²) in [5, 5.41) is 0. The summed E-state index contributed by atoms with van der Waals surface area (Å²) in [4.78, 5) is 11.8. The molecule has 2 aromatic rings. The maximum atomic E-state index is 11.8. The molecule has 0 N–H and O–H groups in total. The van der Waals surface area contributed by atoms with Crippen LogP contribution in [0.2, 0.25) is 0 Å². The Bertz CT molecular complexity index is 622. The topological polar surface area (TPSA) is 44.8 Å². The van der Waals surface area contributed by atoms with E-state index in [1.54, 1.807) is 19.1 Å². The van der Waals surface area contributed by atoms with E-state index in [-0.39, 0.29) is 5.97 Å². The number of hydrogen-bond acceptors (Lipinski definition) is 4. The number of esters is 1. The van der Waals surface area contributed by atoms with Crippen LogP contribution < -0.4 is 9.47 Å². The second-order valence-corrected chi connectivity index (χ2v) is 5.42. The fraction of sp³-hybridized carbons (Fsp3) is 0.316. The van der Waals surface area contributed by atoms with Crippen molar-refractivity contribution < 1.29 is 19.0 Å². The van der Waals surface area contributed by atoms with Gasteiger partial charge in [-0.3, -0.25) is 0 Å². The van der Waals surface area contributed by atoms with Crippen LogP contribution in [0.4, 0.5) is 0 Å². The Labute approximate surface area is 137 Å². The molecule has 0 amide bonds. The molecule has 0 saturated heterocycles. The molecule has 4 heteroatoms. The number of rotatable bonds is 7. The average Bonchev–Trinajstić information content (AvgIpc) is 2.61.